The molecular formula is C12H10BrFN2O4S2. The van der Waals surface area contributed by atoms with Crippen LogP contribution in [0.25, 0.3) is 0 Å². The number of hydrogen-bond donors (Lipinski definition) is 0. The lowest BCUT2D eigenvalue weighted by Gasteiger charge is -2.16. The molecule has 1 aromatic heterocycles. The van der Waals surface area contributed by atoms with E-state index in [9.17, 15) is 22.9 Å². The molecule has 0 saturated heterocycles. The summed E-state index contributed by atoms with van der Waals surface area (Å²) >= 11 is 4.66. The lowest BCUT2D eigenvalue weighted by molar-refractivity contribution is -0.387. The fourth-order valence-corrected chi connectivity index (χ4v) is 4.50. The van der Waals surface area contributed by atoms with Gasteiger partial charge in [-0.3, -0.25) is 10.1 Å². The molecule has 118 valence electrons. The summed E-state index contributed by atoms with van der Waals surface area (Å²) in [5, 5.41) is 10.7. The maximum absolute atomic E-state index is 13.3. The molecule has 1 heterocycles. The van der Waals surface area contributed by atoms with Crippen molar-refractivity contribution in [1.82, 2.24) is 4.31 Å². The molecule has 0 amide bonds. The minimum absolute atomic E-state index is 0.115. The number of sulfonamides is 1. The van der Waals surface area contributed by atoms with Gasteiger partial charge in [-0.15, -0.1) is 11.3 Å². The normalized spacial score (nSPS) is 11.8. The molecule has 2 rings (SSSR count). The Hall–Kier alpha value is -1.36. The zero-order valence-corrected chi connectivity index (χ0v) is 14.4. The third-order valence-electron chi connectivity index (χ3n) is 2.83. The number of benzene rings is 1. The summed E-state index contributed by atoms with van der Waals surface area (Å²) in [6.07, 6.45) is 0. The van der Waals surface area contributed by atoms with Crippen LogP contribution in [0.3, 0.4) is 0 Å². The van der Waals surface area contributed by atoms with E-state index < -0.39 is 26.5 Å². The van der Waals surface area contributed by atoms with Crippen LogP contribution in [-0.4, -0.2) is 24.7 Å². The van der Waals surface area contributed by atoms with E-state index in [1.54, 1.807) is 12.1 Å². The molecule has 0 saturated carbocycles. The van der Waals surface area contributed by atoms with Crippen LogP contribution in [0.4, 0.5) is 10.1 Å². The van der Waals surface area contributed by atoms with Crippen molar-refractivity contribution in [3.8, 4) is 0 Å². The summed E-state index contributed by atoms with van der Waals surface area (Å²) in [5.41, 5.74) is -0.867. The van der Waals surface area contributed by atoms with Crippen LogP contribution in [0.5, 0.6) is 0 Å². The summed E-state index contributed by atoms with van der Waals surface area (Å²) in [7, 11) is -2.59. The zero-order valence-electron chi connectivity index (χ0n) is 11.2. The van der Waals surface area contributed by atoms with Crippen molar-refractivity contribution in [2.75, 3.05) is 7.05 Å². The van der Waals surface area contributed by atoms with E-state index in [2.05, 4.69) is 15.9 Å². The lowest BCUT2D eigenvalue weighted by atomic mass is 10.3. The van der Waals surface area contributed by atoms with Crippen molar-refractivity contribution in [3.63, 3.8) is 0 Å². The second kappa shape index (κ2) is 6.41. The number of thiophene rings is 1. The maximum Gasteiger partial charge on any atom is 0.306 e. The third-order valence-corrected chi connectivity index (χ3v) is 6.24. The second-order valence-electron chi connectivity index (χ2n) is 4.34. The fraction of sp³-hybridized carbons (Fsp3) is 0.167. The number of halogens is 2. The molecule has 0 atom stereocenters. The monoisotopic (exact) mass is 408 g/mol. The van der Waals surface area contributed by atoms with Gasteiger partial charge in [0.15, 0.2) is 0 Å². The molecule has 0 fully saturated rings. The van der Waals surface area contributed by atoms with Crippen molar-refractivity contribution in [3.05, 3.63) is 54.9 Å². The first kappa shape index (κ1) is 17.0. The highest BCUT2D eigenvalue weighted by atomic mass is 79.9. The van der Waals surface area contributed by atoms with Crippen molar-refractivity contribution in [2.24, 2.45) is 0 Å². The third kappa shape index (κ3) is 3.51. The molecule has 22 heavy (non-hydrogen) atoms. The molecule has 0 aliphatic rings. The Morgan fingerprint density at radius 2 is 2.05 bits per heavy atom. The smallest absolute Gasteiger partial charge is 0.258 e. The van der Waals surface area contributed by atoms with E-state index in [1.807, 2.05) is 0 Å². The summed E-state index contributed by atoms with van der Waals surface area (Å²) in [5.74, 6) is -1.08. The molecule has 0 spiro atoms. The van der Waals surface area contributed by atoms with Crippen LogP contribution < -0.4 is 0 Å². The Labute approximate surface area is 138 Å². The Morgan fingerprint density at radius 3 is 2.59 bits per heavy atom. The summed E-state index contributed by atoms with van der Waals surface area (Å²) in [6, 6.07) is 6.08. The van der Waals surface area contributed by atoms with Crippen LogP contribution in [0.1, 0.15) is 4.88 Å². The van der Waals surface area contributed by atoms with E-state index in [1.165, 1.54) is 18.4 Å². The second-order valence-corrected chi connectivity index (χ2v) is 8.93. The standard InChI is InChI=1S/C12H10BrFN2O4S2/c1-15(7-8-2-5-12(13)21-8)22(19,20)9-3-4-10(14)11(6-9)16(17)18/h2-6H,7H2,1H3. The molecule has 10 heteroatoms. The van der Waals surface area contributed by atoms with Gasteiger partial charge in [-0.05, 0) is 40.2 Å². The lowest BCUT2D eigenvalue weighted by Crippen LogP contribution is -2.26. The van der Waals surface area contributed by atoms with Crippen LogP contribution >= 0.6 is 27.3 Å². The average molecular weight is 409 g/mol. The van der Waals surface area contributed by atoms with Crippen molar-refractivity contribution in [1.29, 1.82) is 0 Å². The molecule has 0 N–H and O–H groups in total. The highest BCUT2D eigenvalue weighted by molar-refractivity contribution is 9.11. The Kier molecular flexibility index (Phi) is 4.95. The van der Waals surface area contributed by atoms with Gasteiger partial charge in [-0.25, -0.2) is 8.42 Å². The number of nitrogens with zero attached hydrogens (tertiary/aromatic N) is 2. The number of hydrogen-bond acceptors (Lipinski definition) is 5. The molecular weight excluding hydrogens is 399 g/mol. The van der Waals surface area contributed by atoms with E-state index in [0.717, 1.165) is 31.2 Å². The first-order valence-electron chi connectivity index (χ1n) is 5.86. The van der Waals surface area contributed by atoms with Gasteiger partial charge in [0, 0.05) is 24.5 Å². The maximum atomic E-state index is 13.3. The molecule has 0 unspecified atom stereocenters. The fourth-order valence-electron chi connectivity index (χ4n) is 1.71. The van der Waals surface area contributed by atoms with Gasteiger partial charge in [-0.1, -0.05) is 0 Å². The minimum Gasteiger partial charge on any atom is -0.258 e. The van der Waals surface area contributed by atoms with Crippen molar-refractivity contribution >= 4 is 43.0 Å². The van der Waals surface area contributed by atoms with Gasteiger partial charge in [-0.2, -0.15) is 8.70 Å². The molecule has 0 radical (unpaired) electrons. The SMILES string of the molecule is CN(Cc1ccc(Br)s1)S(=O)(=O)c1ccc(F)c([N+](=O)[O-])c1. The highest BCUT2D eigenvalue weighted by Gasteiger charge is 2.25. The zero-order chi connectivity index (χ0) is 16.5. The minimum atomic E-state index is -3.95. The first-order valence-corrected chi connectivity index (χ1v) is 8.91. The Balaban J connectivity index is 2.33. The quantitative estimate of drug-likeness (QED) is 0.560. The largest absolute Gasteiger partial charge is 0.306 e. The van der Waals surface area contributed by atoms with Crippen LogP contribution in [0.2, 0.25) is 0 Å². The molecule has 0 aliphatic carbocycles. The Morgan fingerprint density at radius 1 is 1.36 bits per heavy atom. The van der Waals surface area contributed by atoms with Crippen molar-refractivity contribution in [2.45, 2.75) is 11.4 Å². The number of nitro benzene ring substituents is 1. The summed E-state index contributed by atoms with van der Waals surface area (Å²) in [6.45, 7) is 0.115. The van der Waals surface area contributed by atoms with E-state index in [4.69, 9.17) is 0 Å². The molecule has 0 aliphatic heterocycles. The topological polar surface area (TPSA) is 80.5 Å². The van der Waals surface area contributed by atoms with Crippen molar-refractivity contribution < 1.29 is 17.7 Å². The first-order chi connectivity index (χ1) is 10.2. The van der Waals surface area contributed by atoms with Gasteiger partial charge in [0.2, 0.25) is 15.8 Å². The molecule has 0 bridgehead atoms. The van der Waals surface area contributed by atoms with E-state index >= 15 is 0 Å². The van der Waals surface area contributed by atoms with Crippen LogP contribution in [0.15, 0.2) is 39.0 Å². The van der Waals surface area contributed by atoms with Gasteiger partial charge < -0.3 is 0 Å². The Bertz CT molecular complexity index is 822. The molecule has 6 nitrogen and oxygen atoms in total. The molecule has 2 aromatic rings. The van der Waals surface area contributed by atoms with Crippen LogP contribution in [0, 0.1) is 15.9 Å². The van der Waals surface area contributed by atoms with E-state index in [0.29, 0.717) is 0 Å². The predicted molar refractivity (Wildman–Crippen MR) is 83.7 cm³/mol. The van der Waals surface area contributed by atoms with Gasteiger partial charge in [0.25, 0.3) is 0 Å². The van der Waals surface area contributed by atoms with E-state index in [-0.39, 0.29) is 11.4 Å². The molecule has 1 aromatic carbocycles. The number of rotatable bonds is 5. The van der Waals surface area contributed by atoms with Gasteiger partial charge >= 0.3 is 5.69 Å². The van der Waals surface area contributed by atoms with Crippen LogP contribution in [-0.2, 0) is 16.6 Å². The number of nitro groups is 1. The highest BCUT2D eigenvalue weighted by Crippen LogP contribution is 2.27. The summed E-state index contributed by atoms with van der Waals surface area (Å²) < 4.78 is 40.0. The van der Waals surface area contributed by atoms with Gasteiger partial charge in [0.05, 0.1) is 13.6 Å². The average Bonchev–Trinajstić information content (AvgIpc) is 2.84. The summed E-state index contributed by atoms with van der Waals surface area (Å²) in [4.78, 5) is 10.2. The predicted octanol–water partition coefficient (Wildman–Crippen LogP) is 3.38. The van der Waals surface area contributed by atoms with Gasteiger partial charge in [0.1, 0.15) is 0 Å².